The van der Waals surface area contributed by atoms with Crippen LogP contribution in [0.25, 0.3) is 11.0 Å². The minimum atomic E-state index is -0.673. The Hall–Kier alpha value is -2.86. The molecule has 0 saturated heterocycles. The molecule has 3 aromatic rings. The Balaban J connectivity index is 2.04. The summed E-state index contributed by atoms with van der Waals surface area (Å²) in [6.07, 6.45) is 0.812. The Morgan fingerprint density at radius 2 is 1.93 bits per heavy atom. The highest BCUT2D eigenvalue weighted by atomic mass is 16.3. The van der Waals surface area contributed by atoms with Crippen molar-refractivity contribution in [2.24, 2.45) is 7.05 Å². The lowest BCUT2D eigenvalue weighted by Gasteiger charge is -2.17. The smallest absolute Gasteiger partial charge is 0.253 e. The first-order valence-electron chi connectivity index (χ1n) is 9.49. The summed E-state index contributed by atoms with van der Waals surface area (Å²) in [5.74, 6) is 0.689. The topological polar surface area (TPSA) is 78.6 Å². The Labute approximate surface area is 165 Å². The molecule has 3 rings (SSSR count). The molecule has 148 valence electrons. The third kappa shape index (κ3) is 3.60. The van der Waals surface area contributed by atoms with Crippen molar-refractivity contribution in [3.8, 4) is 5.75 Å². The van der Waals surface area contributed by atoms with E-state index < -0.39 is 6.10 Å². The number of imidazole rings is 1. The van der Waals surface area contributed by atoms with Crippen LogP contribution < -0.4 is 0 Å². The second kappa shape index (κ2) is 8.02. The zero-order valence-electron chi connectivity index (χ0n) is 16.8. The third-order valence-electron chi connectivity index (χ3n) is 5.15. The summed E-state index contributed by atoms with van der Waals surface area (Å²) >= 11 is 0. The van der Waals surface area contributed by atoms with E-state index in [4.69, 9.17) is 0 Å². The van der Waals surface area contributed by atoms with E-state index in [1.165, 1.54) is 4.90 Å². The summed E-state index contributed by atoms with van der Waals surface area (Å²) in [7, 11) is 5.26. The maximum atomic E-state index is 12.8. The summed E-state index contributed by atoms with van der Waals surface area (Å²) in [5, 5.41) is 21.5. The first-order valence-corrected chi connectivity index (χ1v) is 9.49. The molecule has 0 spiro atoms. The fraction of sp³-hybridized carbons (Fsp3) is 0.364. The van der Waals surface area contributed by atoms with Gasteiger partial charge in [-0.25, -0.2) is 4.98 Å². The zero-order valence-corrected chi connectivity index (χ0v) is 16.8. The van der Waals surface area contributed by atoms with Crippen LogP contribution in [0.3, 0.4) is 0 Å². The molecule has 6 nitrogen and oxygen atoms in total. The van der Waals surface area contributed by atoms with E-state index in [-0.39, 0.29) is 11.7 Å². The summed E-state index contributed by atoms with van der Waals surface area (Å²) in [6, 6.07) is 11.2. The van der Waals surface area contributed by atoms with Gasteiger partial charge in [-0.1, -0.05) is 37.3 Å². The predicted molar refractivity (Wildman–Crippen MR) is 109 cm³/mol. The molecule has 1 aromatic heterocycles. The minimum Gasteiger partial charge on any atom is -0.505 e. The Morgan fingerprint density at radius 1 is 1.25 bits per heavy atom. The van der Waals surface area contributed by atoms with Gasteiger partial charge in [-0.15, -0.1) is 0 Å². The molecular formula is C22H27N3O3. The standard InChI is InChI=1S/C22H27N3O3/c1-5-19-23-20-17(25(19)4)13-16(22(28)24(2)3)15(21(20)27)11-12-18(26)14-9-7-6-8-10-14/h6-10,13,18,26-27H,5,11-12H2,1-4H3. The number of aromatic nitrogens is 2. The Morgan fingerprint density at radius 3 is 2.54 bits per heavy atom. The van der Waals surface area contributed by atoms with Crippen LogP contribution in [-0.4, -0.2) is 44.7 Å². The van der Waals surface area contributed by atoms with Crippen molar-refractivity contribution in [2.75, 3.05) is 14.1 Å². The van der Waals surface area contributed by atoms with E-state index in [9.17, 15) is 15.0 Å². The fourth-order valence-corrected chi connectivity index (χ4v) is 3.52. The van der Waals surface area contributed by atoms with Gasteiger partial charge < -0.3 is 19.7 Å². The summed E-state index contributed by atoms with van der Waals surface area (Å²) in [5.41, 5.74) is 3.02. The lowest BCUT2D eigenvalue weighted by Crippen LogP contribution is -2.23. The van der Waals surface area contributed by atoms with Crippen molar-refractivity contribution in [3.05, 3.63) is 58.9 Å². The van der Waals surface area contributed by atoms with E-state index in [0.717, 1.165) is 23.3 Å². The largest absolute Gasteiger partial charge is 0.505 e. The highest BCUT2D eigenvalue weighted by Crippen LogP contribution is 2.34. The van der Waals surface area contributed by atoms with Gasteiger partial charge in [0, 0.05) is 38.7 Å². The highest BCUT2D eigenvalue weighted by Gasteiger charge is 2.23. The van der Waals surface area contributed by atoms with Crippen LogP contribution >= 0.6 is 0 Å². The van der Waals surface area contributed by atoms with Crippen LogP contribution in [0.4, 0.5) is 0 Å². The molecule has 0 radical (unpaired) electrons. The fourth-order valence-electron chi connectivity index (χ4n) is 3.52. The number of aromatic hydroxyl groups is 1. The molecule has 0 fully saturated rings. The van der Waals surface area contributed by atoms with Crippen LogP contribution in [0.2, 0.25) is 0 Å². The number of fused-ring (bicyclic) bond motifs is 1. The summed E-state index contributed by atoms with van der Waals surface area (Å²) in [6.45, 7) is 2.00. The molecule has 0 aliphatic rings. The van der Waals surface area contributed by atoms with E-state index in [2.05, 4.69) is 4.98 Å². The molecule has 6 heteroatoms. The van der Waals surface area contributed by atoms with E-state index in [1.807, 2.05) is 48.9 Å². The van der Waals surface area contributed by atoms with Crippen molar-refractivity contribution in [1.82, 2.24) is 14.5 Å². The van der Waals surface area contributed by atoms with Crippen LogP contribution in [0, 0.1) is 0 Å². The molecule has 0 saturated carbocycles. The van der Waals surface area contributed by atoms with Gasteiger partial charge in [0.2, 0.25) is 0 Å². The molecule has 1 amide bonds. The van der Waals surface area contributed by atoms with Gasteiger partial charge >= 0.3 is 0 Å². The maximum absolute atomic E-state index is 12.8. The number of aliphatic hydroxyl groups excluding tert-OH is 1. The minimum absolute atomic E-state index is 0.0262. The average Bonchev–Trinajstić information content (AvgIpc) is 3.03. The number of amides is 1. The van der Waals surface area contributed by atoms with E-state index in [0.29, 0.717) is 29.5 Å². The summed E-state index contributed by atoms with van der Waals surface area (Å²) in [4.78, 5) is 18.8. The van der Waals surface area contributed by atoms with Gasteiger partial charge in [-0.3, -0.25) is 4.79 Å². The van der Waals surface area contributed by atoms with Crippen LogP contribution in [0.15, 0.2) is 36.4 Å². The number of hydrogen-bond acceptors (Lipinski definition) is 4. The second-order valence-electron chi connectivity index (χ2n) is 7.22. The van der Waals surface area contributed by atoms with Crippen molar-refractivity contribution < 1.29 is 15.0 Å². The van der Waals surface area contributed by atoms with Gasteiger partial charge in [-0.2, -0.15) is 0 Å². The maximum Gasteiger partial charge on any atom is 0.253 e. The Kier molecular flexibility index (Phi) is 5.70. The van der Waals surface area contributed by atoms with Crippen molar-refractivity contribution in [3.63, 3.8) is 0 Å². The van der Waals surface area contributed by atoms with Crippen molar-refractivity contribution in [1.29, 1.82) is 0 Å². The number of carbonyl (C=O) groups is 1. The van der Waals surface area contributed by atoms with E-state index >= 15 is 0 Å². The SMILES string of the molecule is CCc1nc2c(O)c(CCC(O)c3ccccc3)c(C(=O)N(C)C)cc2n1C. The molecule has 0 bridgehead atoms. The first kappa shape index (κ1) is 19.9. The number of hydrogen-bond donors (Lipinski definition) is 2. The van der Waals surface area contributed by atoms with Gasteiger partial charge in [0.05, 0.1) is 11.6 Å². The van der Waals surface area contributed by atoms with Crippen molar-refractivity contribution >= 4 is 16.9 Å². The lowest BCUT2D eigenvalue weighted by atomic mass is 9.96. The molecular weight excluding hydrogens is 354 g/mol. The number of aliphatic hydroxyl groups is 1. The number of carbonyl (C=O) groups excluding carboxylic acids is 1. The number of benzene rings is 2. The van der Waals surface area contributed by atoms with E-state index in [1.54, 1.807) is 20.2 Å². The molecule has 1 heterocycles. The number of nitrogens with zero attached hydrogens (tertiary/aromatic N) is 3. The molecule has 0 aliphatic heterocycles. The normalized spacial score (nSPS) is 12.3. The molecule has 2 N–H and O–H groups in total. The first-order chi connectivity index (χ1) is 13.3. The highest BCUT2D eigenvalue weighted by molar-refractivity contribution is 6.01. The van der Waals surface area contributed by atoms with Gasteiger partial charge in [0.25, 0.3) is 5.91 Å². The molecule has 2 aromatic carbocycles. The summed E-state index contributed by atoms with van der Waals surface area (Å²) < 4.78 is 1.91. The zero-order chi connectivity index (χ0) is 20.4. The van der Waals surface area contributed by atoms with Crippen LogP contribution in [0.1, 0.15) is 46.8 Å². The van der Waals surface area contributed by atoms with Crippen LogP contribution in [-0.2, 0) is 19.9 Å². The number of rotatable bonds is 6. The predicted octanol–water partition coefficient (Wildman–Crippen LogP) is 3.21. The monoisotopic (exact) mass is 381 g/mol. The second-order valence-corrected chi connectivity index (χ2v) is 7.22. The van der Waals surface area contributed by atoms with Gasteiger partial charge in [-0.05, 0) is 24.5 Å². The average molecular weight is 381 g/mol. The quantitative estimate of drug-likeness (QED) is 0.687. The number of phenols is 1. The van der Waals surface area contributed by atoms with Gasteiger partial charge in [0.1, 0.15) is 17.1 Å². The van der Waals surface area contributed by atoms with Crippen molar-refractivity contribution in [2.45, 2.75) is 32.3 Å². The van der Waals surface area contributed by atoms with Crippen LogP contribution in [0.5, 0.6) is 5.75 Å². The van der Waals surface area contributed by atoms with Gasteiger partial charge in [0.15, 0.2) is 0 Å². The third-order valence-corrected chi connectivity index (χ3v) is 5.15. The molecule has 1 unspecified atom stereocenters. The number of phenolic OH excluding ortho intramolecular Hbond substituents is 1. The number of aryl methyl sites for hydroxylation is 2. The molecule has 0 aliphatic carbocycles. The lowest BCUT2D eigenvalue weighted by molar-refractivity contribution is 0.0825. The Bertz CT molecular complexity index is 993. The molecule has 28 heavy (non-hydrogen) atoms. The molecule has 1 atom stereocenters.